The number of methoxy groups -OCH3 is 2. The van der Waals surface area contributed by atoms with E-state index in [1.807, 2.05) is 24.3 Å². The van der Waals surface area contributed by atoms with Gasteiger partial charge in [0.1, 0.15) is 6.33 Å². The number of hydrogen-bond donors (Lipinski definition) is 0. The minimum absolute atomic E-state index is 0.251. The third kappa shape index (κ3) is 2.83. The van der Waals surface area contributed by atoms with Crippen molar-refractivity contribution in [3.8, 4) is 11.5 Å². The van der Waals surface area contributed by atoms with E-state index in [2.05, 4.69) is 20.2 Å². The van der Waals surface area contributed by atoms with E-state index in [1.165, 1.54) is 18.9 Å². The van der Waals surface area contributed by atoms with E-state index >= 15 is 0 Å². The molecule has 5 rings (SSSR count). The third-order valence-electron chi connectivity index (χ3n) is 5.04. The second kappa shape index (κ2) is 7.11. The predicted molar refractivity (Wildman–Crippen MR) is 111 cm³/mol. The molecular formula is C21H18N6O3. The van der Waals surface area contributed by atoms with Crippen LogP contribution in [0.15, 0.2) is 53.7 Å². The largest absolute Gasteiger partial charge is 0.493 e. The number of aromatic nitrogens is 6. The average molecular weight is 402 g/mol. The highest BCUT2D eigenvalue weighted by molar-refractivity contribution is 5.91. The summed E-state index contributed by atoms with van der Waals surface area (Å²) in [6.07, 6.45) is 3.74. The Kier molecular flexibility index (Phi) is 4.27. The number of ether oxygens (including phenoxy) is 2. The van der Waals surface area contributed by atoms with Gasteiger partial charge in [0.05, 0.1) is 37.9 Å². The van der Waals surface area contributed by atoms with Crippen LogP contribution in [0.2, 0.25) is 0 Å². The molecule has 150 valence electrons. The summed E-state index contributed by atoms with van der Waals surface area (Å²) in [5, 5.41) is 10.8. The minimum Gasteiger partial charge on any atom is -0.493 e. The van der Waals surface area contributed by atoms with Crippen molar-refractivity contribution < 1.29 is 9.47 Å². The molecule has 2 aromatic carbocycles. The topological polar surface area (TPSA) is 96.4 Å². The van der Waals surface area contributed by atoms with Crippen LogP contribution in [-0.4, -0.2) is 43.6 Å². The van der Waals surface area contributed by atoms with E-state index in [9.17, 15) is 4.79 Å². The molecule has 0 N–H and O–H groups in total. The van der Waals surface area contributed by atoms with E-state index in [-0.39, 0.29) is 5.56 Å². The predicted octanol–water partition coefficient (Wildman–Crippen LogP) is 2.25. The van der Waals surface area contributed by atoms with Crippen LogP contribution in [0.25, 0.3) is 27.3 Å². The molecule has 0 bridgehead atoms. The van der Waals surface area contributed by atoms with Crippen molar-refractivity contribution in [2.45, 2.75) is 13.0 Å². The normalized spacial score (nSPS) is 11.4. The maximum Gasteiger partial charge on any atom is 0.278 e. The summed E-state index contributed by atoms with van der Waals surface area (Å²) < 4.78 is 13.8. The Balaban J connectivity index is 1.51. The summed E-state index contributed by atoms with van der Waals surface area (Å²) in [6.45, 7) is 0.331. The third-order valence-corrected chi connectivity index (χ3v) is 5.04. The highest BCUT2D eigenvalue weighted by atomic mass is 16.5. The van der Waals surface area contributed by atoms with Gasteiger partial charge in [0.2, 0.25) is 0 Å². The van der Waals surface area contributed by atoms with Crippen molar-refractivity contribution >= 4 is 27.3 Å². The number of nitrogens with zero attached hydrogens (tertiary/aromatic N) is 6. The van der Waals surface area contributed by atoms with Crippen molar-refractivity contribution in [2.75, 3.05) is 14.2 Å². The van der Waals surface area contributed by atoms with Crippen LogP contribution in [0.5, 0.6) is 11.5 Å². The van der Waals surface area contributed by atoms with Crippen molar-refractivity contribution in [1.82, 2.24) is 29.4 Å². The van der Waals surface area contributed by atoms with Gasteiger partial charge in [0, 0.05) is 17.2 Å². The molecule has 0 aliphatic rings. The van der Waals surface area contributed by atoms with Crippen molar-refractivity contribution in [2.24, 2.45) is 0 Å². The van der Waals surface area contributed by atoms with Gasteiger partial charge in [0.15, 0.2) is 23.0 Å². The van der Waals surface area contributed by atoms with Gasteiger partial charge in [-0.05, 0) is 24.3 Å². The lowest BCUT2D eigenvalue weighted by molar-refractivity contribution is 0.358. The van der Waals surface area contributed by atoms with Crippen LogP contribution in [0.3, 0.4) is 0 Å². The molecule has 0 fully saturated rings. The lowest BCUT2D eigenvalue weighted by Gasteiger charge is -2.11. The van der Waals surface area contributed by atoms with Crippen LogP contribution in [0.4, 0.5) is 0 Å². The molecule has 0 radical (unpaired) electrons. The first-order valence-electron chi connectivity index (χ1n) is 9.39. The molecule has 5 aromatic rings. The van der Waals surface area contributed by atoms with Gasteiger partial charge >= 0.3 is 0 Å². The Morgan fingerprint density at radius 1 is 1.07 bits per heavy atom. The van der Waals surface area contributed by atoms with Crippen LogP contribution in [-0.2, 0) is 13.0 Å². The summed E-state index contributed by atoms with van der Waals surface area (Å²) in [5.41, 5.74) is 1.34. The first-order chi connectivity index (χ1) is 14.7. The van der Waals surface area contributed by atoms with E-state index in [1.54, 1.807) is 29.2 Å². The highest BCUT2D eigenvalue weighted by Crippen LogP contribution is 2.32. The Labute approximate surface area is 170 Å². The molecule has 3 heterocycles. The Bertz CT molecular complexity index is 1460. The molecule has 0 spiro atoms. The summed E-state index contributed by atoms with van der Waals surface area (Å²) in [4.78, 5) is 22.1. The highest BCUT2D eigenvalue weighted by Gasteiger charge is 2.15. The van der Waals surface area contributed by atoms with Crippen LogP contribution >= 0.6 is 0 Å². The molecule has 0 amide bonds. The number of rotatable bonds is 5. The molecule has 3 aromatic heterocycles. The molecule has 0 aliphatic heterocycles. The zero-order valence-electron chi connectivity index (χ0n) is 16.4. The van der Waals surface area contributed by atoms with Crippen LogP contribution in [0, 0.1) is 0 Å². The molecular weight excluding hydrogens is 384 g/mol. The quantitative estimate of drug-likeness (QED) is 0.445. The van der Waals surface area contributed by atoms with Crippen molar-refractivity contribution in [3.05, 3.63) is 65.1 Å². The smallest absolute Gasteiger partial charge is 0.278 e. The van der Waals surface area contributed by atoms with Crippen molar-refractivity contribution in [1.29, 1.82) is 0 Å². The monoisotopic (exact) mass is 402 g/mol. The molecule has 9 nitrogen and oxygen atoms in total. The van der Waals surface area contributed by atoms with Gasteiger partial charge in [-0.25, -0.2) is 19.2 Å². The number of benzene rings is 2. The SMILES string of the molecule is COc1ccc2cnn(CCc3nc4c5ccccc5ncn4n3)c(=O)c2c1OC. The number of para-hydroxylation sites is 1. The molecule has 0 atom stereocenters. The van der Waals surface area contributed by atoms with E-state index in [4.69, 9.17) is 9.47 Å². The average Bonchev–Trinajstić information content (AvgIpc) is 3.21. The first-order valence-corrected chi connectivity index (χ1v) is 9.39. The fourth-order valence-corrected chi connectivity index (χ4v) is 3.58. The maximum atomic E-state index is 13.1. The van der Waals surface area contributed by atoms with Gasteiger partial charge in [-0.15, -0.1) is 5.10 Å². The molecule has 0 saturated carbocycles. The second-order valence-electron chi connectivity index (χ2n) is 6.75. The zero-order valence-corrected chi connectivity index (χ0v) is 16.4. The molecule has 9 heteroatoms. The number of hydrogen-bond acceptors (Lipinski definition) is 7. The molecule has 0 unspecified atom stereocenters. The van der Waals surface area contributed by atoms with E-state index in [0.717, 1.165) is 16.6 Å². The van der Waals surface area contributed by atoms with Gasteiger partial charge in [-0.3, -0.25) is 4.79 Å². The lowest BCUT2D eigenvalue weighted by Crippen LogP contribution is -2.24. The Hall–Kier alpha value is -4.01. The number of fused-ring (bicyclic) bond motifs is 4. The minimum atomic E-state index is -0.251. The second-order valence-corrected chi connectivity index (χ2v) is 6.75. The first kappa shape index (κ1) is 18.0. The van der Waals surface area contributed by atoms with E-state index < -0.39 is 0 Å². The summed E-state index contributed by atoms with van der Waals surface area (Å²) >= 11 is 0. The van der Waals surface area contributed by atoms with Crippen LogP contribution < -0.4 is 15.0 Å². The summed E-state index contributed by atoms with van der Waals surface area (Å²) in [7, 11) is 3.05. The Morgan fingerprint density at radius 2 is 1.93 bits per heavy atom. The zero-order chi connectivity index (χ0) is 20.7. The Morgan fingerprint density at radius 3 is 2.77 bits per heavy atom. The van der Waals surface area contributed by atoms with Gasteiger partial charge in [-0.2, -0.15) is 5.10 Å². The molecule has 30 heavy (non-hydrogen) atoms. The lowest BCUT2D eigenvalue weighted by atomic mass is 10.1. The fraction of sp³-hybridized carbons (Fsp3) is 0.190. The maximum absolute atomic E-state index is 13.1. The number of aryl methyl sites for hydroxylation is 2. The van der Waals surface area contributed by atoms with Gasteiger partial charge < -0.3 is 9.47 Å². The van der Waals surface area contributed by atoms with Gasteiger partial charge in [-0.1, -0.05) is 12.1 Å². The molecule has 0 aliphatic carbocycles. The summed E-state index contributed by atoms with van der Waals surface area (Å²) in [6, 6.07) is 11.3. The summed E-state index contributed by atoms with van der Waals surface area (Å²) in [5.74, 6) is 1.51. The van der Waals surface area contributed by atoms with E-state index in [0.29, 0.717) is 41.1 Å². The van der Waals surface area contributed by atoms with Crippen molar-refractivity contribution in [3.63, 3.8) is 0 Å². The fourth-order valence-electron chi connectivity index (χ4n) is 3.58. The van der Waals surface area contributed by atoms with Gasteiger partial charge in [0.25, 0.3) is 5.56 Å². The van der Waals surface area contributed by atoms with Crippen LogP contribution in [0.1, 0.15) is 5.82 Å². The standard InChI is InChI=1S/C21H18N6O3/c1-29-16-8-7-13-11-23-26(21(28)18(13)19(16)30-2)10-9-17-24-20-14-5-3-4-6-15(14)22-12-27(20)25-17/h3-8,11-12H,9-10H2,1-2H3. The molecule has 0 saturated heterocycles.